The molecule has 5 heteroatoms. The highest BCUT2D eigenvalue weighted by atomic mass is 79.9. The Balaban J connectivity index is 3.35. The lowest BCUT2D eigenvalue weighted by Crippen LogP contribution is -1.93. The standard InChI is InChI=1S/C3HBr2NO2/c4-1-2(5)8-3(7)6-1/h(H,6,7). The summed E-state index contributed by atoms with van der Waals surface area (Å²) in [7, 11) is 0. The Hall–Kier alpha value is -0.0300. The zero-order valence-corrected chi connectivity index (χ0v) is 6.74. The average molecular weight is 243 g/mol. The Bertz CT molecular complexity index is 215. The summed E-state index contributed by atoms with van der Waals surface area (Å²) in [4.78, 5) is 12.6. The summed E-state index contributed by atoms with van der Waals surface area (Å²) in [6, 6.07) is 0. The van der Waals surface area contributed by atoms with Crippen LogP contribution in [0.4, 0.5) is 0 Å². The third-order valence-corrected chi connectivity index (χ3v) is 2.22. The summed E-state index contributed by atoms with van der Waals surface area (Å²) in [5, 5.41) is 0. The van der Waals surface area contributed by atoms with E-state index in [1.807, 2.05) is 0 Å². The maximum absolute atomic E-state index is 10.2. The van der Waals surface area contributed by atoms with Crippen LogP contribution in [-0.4, -0.2) is 4.98 Å². The normalized spacial score (nSPS) is 9.75. The first-order valence-corrected chi connectivity index (χ1v) is 3.33. The molecule has 0 spiro atoms. The molecule has 0 aliphatic rings. The molecule has 0 unspecified atom stereocenters. The Morgan fingerprint density at radius 1 is 1.50 bits per heavy atom. The Morgan fingerprint density at radius 2 is 2.12 bits per heavy atom. The smallest absolute Gasteiger partial charge is 0.400 e. The van der Waals surface area contributed by atoms with Gasteiger partial charge in [-0.2, -0.15) is 0 Å². The summed E-state index contributed by atoms with van der Waals surface area (Å²) in [5.41, 5.74) is 0. The van der Waals surface area contributed by atoms with E-state index < -0.39 is 5.76 Å². The monoisotopic (exact) mass is 241 g/mol. The van der Waals surface area contributed by atoms with Crippen LogP contribution in [-0.2, 0) is 0 Å². The van der Waals surface area contributed by atoms with Gasteiger partial charge in [-0.3, -0.25) is 4.98 Å². The molecule has 0 radical (unpaired) electrons. The van der Waals surface area contributed by atoms with Gasteiger partial charge in [-0.15, -0.1) is 0 Å². The summed E-state index contributed by atoms with van der Waals surface area (Å²) in [5.74, 6) is -0.469. The van der Waals surface area contributed by atoms with Crippen molar-refractivity contribution in [3.8, 4) is 0 Å². The van der Waals surface area contributed by atoms with Gasteiger partial charge in [0.2, 0.25) is 4.67 Å². The van der Waals surface area contributed by atoms with E-state index in [-0.39, 0.29) is 0 Å². The molecule has 1 aromatic heterocycles. The second-order valence-electron chi connectivity index (χ2n) is 1.10. The number of aromatic amines is 1. The van der Waals surface area contributed by atoms with Crippen LogP contribution < -0.4 is 5.76 Å². The molecule has 3 nitrogen and oxygen atoms in total. The minimum atomic E-state index is -0.469. The molecule has 0 aliphatic heterocycles. The molecule has 1 heterocycles. The molecule has 1 aromatic rings. The third kappa shape index (κ3) is 1.03. The lowest BCUT2D eigenvalue weighted by molar-refractivity contribution is 0.492. The van der Waals surface area contributed by atoms with Crippen LogP contribution in [0, 0.1) is 0 Å². The van der Waals surface area contributed by atoms with Gasteiger partial charge in [0.1, 0.15) is 4.60 Å². The summed E-state index contributed by atoms with van der Waals surface area (Å²) >= 11 is 5.99. The van der Waals surface area contributed by atoms with Crippen molar-refractivity contribution in [2.24, 2.45) is 0 Å². The van der Waals surface area contributed by atoms with Gasteiger partial charge < -0.3 is 4.42 Å². The highest BCUT2D eigenvalue weighted by molar-refractivity contribution is 9.13. The fraction of sp³-hybridized carbons (Fsp3) is 0. The maximum Gasteiger partial charge on any atom is 0.418 e. The molecule has 0 amide bonds. The van der Waals surface area contributed by atoms with E-state index >= 15 is 0 Å². The number of aromatic nitrogens is 1. The van der Waals surface area contributed by atoms with Crippen LogP contribution in [0.15, 0.2) is 18.5 Å². The number of halogens is 2. The summed E-state index contributed by atoms with van der Waals surface area (Å²) < 4.78 is 5.39. The van der Waals surface area contributed by atoms with E-state index in [2.05, 4.69) is 41.3 Å². The molecule has 0 atom stereocenters. The molecule has 0 bridgehead atoms. The first-order chi connectivity index (χ1) is 3.70. The number of rotatable bonds is 0. The molecule has 0 saturated heterocycles. The van der Waals surface area contributed by atoms with E-state index in [9.17, 15) is 4.79 Å². The minimum absolute atomic E-state index is 0.391. The molecule has 0 saturated carbocycles. The second-order valence-corrected chi connectivity index (χ2v) is 2.62. The Morgan fingerprint density at radius 3 is 2.25 bits per heavy atom. The molecular formula is C3HBr2NO2. The SMILES string of the molecule is O=c1[nH]c(Br)c(Br)o1. The van der Waals surface area contributed by atoms with Crippen molar-refractivity contribution in [2.75, 3.05) is 0 Å². The second kappa shape index (κ2) is 2.06. The zero-order valence-electron chi connectivity index (χ0n) is 3.57. The number of hydrogen-bond donors (Lipinski definition) is 1. The largest absolute Gasteiger partial charge is 0.418 e. The van der Waals surface area contributed by atoms with Crippen molar-refractivity contribution < 1.29 is 4.42 Å². The van der Waals surface area contributed by atoms with Crippen molar-refractivity contribution in [3.05, 3.63) is 19.8 Å². The summed E-state index contributed by atoms with van der Waals surface area (Å²) in [6.07, 6.45) is 0. The first-order valence-electron chi connectivity index (χ1n) is 1.74. The maximum atomic E-state index is 10.2. The predicted molar refractivity (Wildman–Crippen MR) is 34.7 cm³/mol. The number of oxazole rings is 1. The lowest BCUT2D eigenvalue weighted by atomic mass is 11.0. The first kappa shape index (κ1) is 6.10. The minimum Gasteiger partial charge on any atom is -0.400 e. The molecular weight excluding hydrogens is 242 g/mol. The Labute approximate surface area is 61.3 Å². The topological polar surface area (TPSA) is 46.0 Å². The number of nitrogens with one attached hydrogen (secondary N) is 1. The van der Waals surface area contributed by atoms with Gasteiger partial charge in [0.15, 0.2) is 0 Å². The van der Waals surface area contributed by atoms with Crippen LogP contribution >= 0.6 is 31.9 Å². The molecule has 44 valence electrons. The molecule has 1 rings (SSSR count). The van der Waals surface area contributed by atoms with Crippen LogP contribution in [0.2, 0.25) is 0 Å². The molecule has 0 aliphatic carbocycles. The lowest BCUT2D eigenvalue weighted by Gasteiger charge is -1.72. The van der Waals surface area contributed by atoms with Gasteiger partial charge in [0, 0.05) is 0 Å². The van der Waals surface area contributed by atoms with E-state index in [4.69, 9.17) is 0 Å². The van der Waals surface area contributed by atoms with Crippen molar-refractivity contribution >= 4 is 31.9 Å². The van der Waals surface area contributed by atoms with Crippen molar-refractivity contribution in [1.29, 1.82) is 0 Å². The molecule has 0 fully saturated rings. The Kier molecular flexibility index (Phi) is 1.57. The van der Waals surface area contributed by atoms with Gasteiger partial charge in [0.05, 0.1) is 0 Å². The van der Waals surface area contributed by atoms with E-state index in [1.165, 1.54) is 0 Å². The van der Waals surface area contributed by atoms with Gasteiger partial charge in [0.25, 0.3) is 0 Å². The fourth-order valence-electron chi connectivity index (χ4n) is 0.290. The number of H-pyrrole nitrogens is 1. The summed E-state index contributed by atoms with van der Waals surface area (Å²) in [6.45, 7) is 0. The fourth-order valence-corrected chi connectivity index (χ4v) is 0.779. The quantitative estimate of drug-likeness (QED) is 0.750. The molecule has 0 aromatic carbocycles. The number of hydrogen-bond acceptors (Lipinski definition) is 2. The van der Waals surface area contributed by atoms with E-state index in [0.29, 0.717) is 9.27 Å². The van der Waals surface area contributed by atoms with Gasteiger partial charge in [-0.1, -0.05) is 0 Å². The van der Waals surface area contributed by atoms with Gasteiger partial charge in [-0.25, -0.2) is 4.79 Å². The van der Waals surface area contributed by atoms with Crippen molar-refractivity contribution in [2.45, 2.75) is 0 Å². The third-order valence-electron chi connectivity index (χ3n) is 0.567. The van der Waals surface area contributed by atoms with Gasteiger partial charge >= 0.3 is 5.76 Å². The van der Waals surface area contributed by atoms with Crippen LogP contribution in [0.3, 0.4) is 0 Å². The van der Waals surface area contributed by atoms with Crippen LogP contribution in [0.25, 0.3) is 0 Å². The molecule has 1 N–H and O–H groups in total. The van der Waals surface area contributed by atoms with E-state index in [1.54, 1.807) is 0 Å². The van der Waals surface area contributed by atoms with Crippen LogP contribution in [0.1, 0.15) is 0 Å². The highest BCUT2D eigenvalue weighted by Gasteiger charge is 1.99. The highest BCUT2D eigenvalue weighted by Crippen LogP contribution is 2.16. The van der Waals surface area contributed by atoms with Crippen LogP contribution in [0.5, 0.6) is 0 Å². The van der Waals surface area contributed by atoms with Crippen molar-refractivity contribution in [3.63, 3.8) is 0 Å². The average Bonchev–Trinajstić information content (AvgIpc) is 1.85. The zero-order chi connectivity index (χ0) is 6.15. The van der Waals surface area contributed by atoms with Crippen molar-refractivity contribution in [1.82, 2.24) is 4.98 Å². The van der Waals surface area contributed by atoms with E-state index in [0.717, 1.165) is 0 Å². The molecule has 8 heavy (non-hydrogen) atoms. The predicted octanol–water partition coefficient (Wildman–Crippen LogP) is 1.49. The van der Waals surface area contributed by atoms with Gasteiger partial charge in [-0.05, 0) is 31.9 Å².